The highest BCUT2D eigenvalue weighted by molar-refractivity contribution is 5.92. The lowest BCUT2D eigenvalue weighted by Crippen LogP contribution is -2.20. The molecular formula is C21H17N3O3. The van der Waals surface area contributed by atoms with Crippen LogP contribution in [-0.2, 0) is 4.79 Å². The molecule has 0 saturated carbocycles. The van der Waals surface area contributed by atoms with Gasteiger partial charge in [0.05, 0.1) is 0 Å². The van der Waals surface area contributed by atoms with Gasteiger partial charge in [-0.3, -0.25) is 4.79 Å². The summed E-state index contributed by atoms with van der Waals surface area (Å²) in [5.74, 6) is 1.15. The highest BCUT2D eigenvalue weighted by Gasteiger charge is 2.09. The first-order valence-corrected chi connectivity index (χ1v) is 8.27. The largest absolute Gasteiger partial charge is 0.484 e. The molecule has 27 heavy (non-hydrogen) atoms. The first kappa shape index (κ1) is 18.0. The molecule has 1 N–H and O–H groups in total. The molecule has 1 heterocycles. The summed E-state index contributed by atoms with van der Waals surface area (Å²) in [6.45, 7) is 1.77. The molecule has 0 aliphatic carbocycles. The number of hydrogen-bond acceptors (Lipinski definition) is 5. The van der Waals surface area contributed by atoms with Crippen molar-refractivity contribution in [2.75, 3.05) is 11.9 Å². The Bertz CT molecular complexity index is 981. The number of carbonyl (C=O) groups excluding carboxylic acids is 1. The Hall–Kier alpha value is -3.85. The van der Waals surface area contributed by atoms with Crippen molar-refractivity contribution in [3.63, 3.8) is 0 Å². The molecule has 6 nitrogen and oxygen atoms in total. The van der Waals surface area contributed by atoms with E-state index in [1.54, 1.807) is 48.7 Å². The number of benzene rings is 2. The van der Waals surface area contributed by atoms with Crippen molar-refractivity contribution >= 4 is 11.6 Å². The summed E-state index contributed by atoms with van der Waals surface area (Å²) in [4.78, 5) is 16.2. The Balaban J connectivity index is 1.62. The summed E-state index contributed by atoms with van der Waals surface area (Å²) < 4.78 is 11.1. The molecule has 0 bridgehead atoms. The van der Waals surface area contributed by atoms with Gasteiger partial charge in [-0.05, 0) is 55.0 Å². The number of ether oxygens (including phenoxy) is 2. The number of para-hydroxylation sites is 1. The van der Waals surface area contributed by atoms with Crippen molar-refractivity contribution in [3.05, 3.63) is 78.0 Å². The van der Waals surface area contributed by atoms with Crippen LogP contribution in [0.1, 0.15) is 11.1 Å². The number of nitrogens with one attached hydrogen (secondary N) is 1. The van der Waals surface area contributed by atoms with E-state index in [4.69, 9.17) is 14.7 Å². The van der Waals surface area contributed by atoms with Gasteiger partial charge in [0.2, 0.25) is 5.88 Å². The predicted molar refractivity (Wildman–Crippen MR) is 101 cm³/mol. The Morgan fingerprint density at radius 1 is 1.11 bits per heavy atom. The number of rotatable bonds is 6. The molecule has 0 aliphatic rings. The molecule has 0 spiro atoms. The monoisotopic (exact) mass is 359 g/mol. The standard InChI is InChI=1S/C21H17N3O3/c1-15-12-18(27-21-16(13-22)6-5-11-23-21)9-10-19(15)24-20(25)14-26-17-7-3-2-4-8-17/h2-12H,14H2,1H3,(H,24,25). The Morgan fingerprint density at radius 3 is 2.67 bits per heavy atom. The first-order chi connectivity index (χ1) is 13.2. The second-order valence-electron chi connectivity index (χ2n) is 5.70. The summed E-state index contributed by atoms with van der Waals surface area (Å²) in [6, 6.07) is 19.7. The van der Waals surface area contributed by atoms with Crippen LogP contribution >= 0.6 is 0 Å². The fourth-order valence-electron chi connectivity index (χ4n) is 2.36. The van der Waals surface area contributed by atoms with E-state index in [9.17, 15) is 4.79 Å². The zero-order valence-electron chi connectivity index (χ0n) is 14.7. The van der Waals surface area contributed by atoms with E-state index in [2.05, 4.69) is 10.3 Å². The van der Waals surface area contributed by atoms with Crippen LogP contribution < -0.4 is 14.8 Å². The van der Waals surface area contributed by atoms with Crippen molar-refractivity contribution < 1.29 is 14.3 Å². The van der Waals surface area contributed by atoms with Crippen LogP contribution in [0, 0.1) is 18.3 Å². The quantitative estimate of drug-likeness (QED) is 0.717. The molecule has 1 amide bonds. The van der Waals surface area contributed by atoms with Gasteiger partial charge in [0.15, 0.2) is 6.61 Å². The minimum Gasteiger partial charge on any atom is -0.484 e. The molecule has 0 unspecified atom stereocenters. The minimum absolute atomic E-state index is 0.0822. The van der Waals surface area contributed by atoms with Gasteiger partial charge in [-0.1, -0.05) is 18.2 Å². The van der Waals surface area contributed by atoms with Crippen LogP contribution in [0.25, 0.3) is 0 Å². The van der Waals surface area contributed by atoms with Crippen molar-refractivity contribution in [2.24, 2.45) is 0 Å². The maximum absolute atomic E-state index is 12.1. The van der Waals surface area contributed by atoms with Gasteiger partial charge in [-0.25, -0.2) is 4.98 Å². The number of aryl methyl sites for hydroxylation is 1. The molecule has 3 rings (SSSR count). The molecule has 0 atom stereocenters. The van der Waals surface area contributed by atoms with Crippen LogP contribution in [0.5, 0.6) is 17.4 Å². The summed E-state index contributed by atoms with van der Waals surface area (Å²) in [6.07, 6.45) is 1.56. The highest BCUT2D eigenvalue weighted by atomic mass is 16.5. The van der Waals surface area contributed by atoms with Crippen molar-refractivity contribution in [1.29, 1.82) is 5.26 Å². The van der Waals surface area contributed by atoms with Gasteiger partial charge in [-0.15, -0.1) is 0 Å². The number of carbonyl (C=O) groups is 1. The summed E-state index contributed by atoms with van der Waals surface area (Å²) >= 11 is 0. The van der Waals surface area contributed by atoms with Crippen LogP contribution in [0.15, 0.2) is 66.9 Å². The molecule has 0 fully saturated rings. The maximum atomic E-state index is 12.1. The fourth-order valence-corrected chi connectivity index (χ4v) is 2.36. The van der Waals surface area contributed by atoms with E-state index < -0.39 is 0 Å². The molecule has 0 saturated heterocycles. The zero-order chi connectivity index (χ0) is 19.1. The topological polar surface area (TPSA) is 84.2 Å². The third-order valence-electron chi connectivity index (χ3n) is 3.69. The first-order valence-electron chi connectivity index (χ1n) is 8.27. The van der Waals surface area contributed by atoms with Crippen molar-refractivity contribution in [3.8, 4) is 23.4 Å². The van der Waals surface area contributed by atoms with E-state index in [1.807, 2.05) is 31.2 Å². The third kappa shape index (κ3) is 4.83. The highest BCUT2D eigenvalue weighted by Crippen LogP contribution is 2.26. The molecule has 6 heteroatoms. The van der Waals surface area contributed by atoms with Crippen LogP contribution in [0.4, 0.5) is 5.69 Å². The lowest BCUT2D eigenvalue weighted by Gasteiger charge is -2.12. The summed E-state index contributed by atoms with van der Waals surface area (Å²) in [7, 11) is 0. The molecule has 1 aromatic heterocycles. The molecule has 134 valence electrons. The van der Waals surface area contributed by atoms with Crippen molar-refractivity contribution in [1.82, 2.24) is 4.98 Å². The van der Waals surface area contributed by atoms with Crippen LogP contribution in [-0.4, -0.2) is 17.5 Å². The minimum atomic E-state index is -0.257. The molecule has 0 radical (unpaired) electrons. The average Bonchev–Trinajstić information content (AvgIpc) is 2.70. The Labute approximate surface area is 157 Å². The van der Waals surface area contributed by atoms with E-state index in [-0.39, 0.29) is 18.4 Å². The van der Waals surface area contributed by atoms with Crippen LogP contribution in [0.3, 0.4) is 0 Å². The third-order valence-corrected chi connectivity index (χ3v) is 3.69. The average molecular weight is 359 g/mol. The lowest BCUT2D eigenvalue weighted by atomic mass is 10.2. The number of aromatic nitrogens is 1. The maximum Gasteiger partial charge on any atom is 0.262 e. The number of hydrogen-bond donors (Lipinski definition) is 1. The van der Waals surface area contributed by atoms with Crippen molar-refractivity contribution in [2.45, 2.75) is 6.92 Å². The Morgan fingerprint density at radius 2 is 1.93 bits per heavy atom. The number of pyridine rings is 1. The normalized spacial score (nSPS) is 9.93. The van der Waals surface area contributed by atoms with E-state index >= 15 is 0 Å². The molecule has 0 aliphatic heterocycles. The smallest absolute Gasteiger partial charge is 0.262 e. The SMILES string of the molecule is Cc1cc(Oc2ncccc2C#N)ccc1NC(=O)COc1ccccc1. The van der Waals surface area contributed by atoms with Gasteiger partial charge in [-0.2, -0.15) is 5.26 Å². The van der Waals surface area contributed by atoms with Crippen LogP contribution in [0.2, 0.25) is 0 Å². The number of nitriles is 1. The van der Waals surface area contributed by atoms with E-state index in [0.29, 0.717) is 22.7 Å². The van der Waals surface area contributed by atoms with E-state index in [0.717, 1.165) is 5.56 Å². The molecule has 2 aromatic carbocycles. The van der Waals surface area contributed by atoms with Gasteiger partial charge >= 0.3 is 0 Å². The second kappa shape index (κ2) is 8.50. The second-order valence-corrected chi connectivity index (χ2v) is 5.70. The van der Waals surface area contributed by atoms with E-state index in [1.165, 1.54) is 0 Å². The fraction of sp³-hybridized carbons (Fsp3) is 0.0952. The van der Waals surface area contributed by atoms with Gasteiger partial charge in [0, 0.05) is 11.9 Å². The van der Waals surface area contributed by atoms with Gasteiger partial charge in [0.25, 0.3) is 5.91 Å². The predicted octanol–water partition coefficient (Wildman–Crippen LogP) is 4.07. The summed E-state index contributed by atoms with van der Waals surface area (Å²) in [5, 5.41) is 11.9. The number of anilines is 1. The summed E-state index contributed by atoms with van der Waals surface area (Å²) in [5.41, 5.74) is 1.83. The molecular weight excluding hydrogens is 342 g/mol. The number of nitrogens with zero attached hydrogens (tertiary/aromatic N) is 2. The Kier molecular flexibility index (Phi) is 5.65. The zero-order valence-corrected chi connectivity index (χ0v) is 14.7. The number of amides is 1. The van der Waals surface area contributed by atoms with Gasteiger partial charge in [0.1, 0.15) is 23.1 Å². The van der Waals surface area contributed by atoms with Gasteiger partial charge < -0.3 is 14.8 Å². The lowest BCUT2D eigenvalue weighted by molar-refractivity contribution is -0.118. The molecule has 3 aromatic rings.